The summed E-state index contributed by atoms with van der Waals surface area (Å²) in [5.41, 5.74) is 2.78. The van der Waals surface area contributed by atoms with Crippen molar-refractivity contribution in [3.05, 3.63) is 28.4 Å². The Morgan fingerprint density at radius 3 is 1.92 bits per heavy atom. The van der Waals surface area contributed by atoms with Gasteiger partial charge in [0, 0.05) is 14.1 Å². The van der Waals surface area contributed by atoms with Crippen LogP contribution < -0.4 is 0 Å². The molecule has 25 heavy (non-hydrogen) atoms. The molecule has 4 heterocycles. The third kappa shape index (κ3) is 3.64. The van der Waals surface area contributed by atoms with Crippen LogP contribution in [0.4, 0.5) is 0 Å². The van der Waals surface area contributed by atoms with E-state index in [1.54, 1.807) is 17.2 Å². The van der Waals surface area contributed by atoms with Crippen LogP contribution in [0.3, 0.4) is 0 Å². The summed E-state index contributed by atoms with van der Waals surface area (Å²) in [4.78, 5) is 24.1. The van der Waals surface area contributed by atoms with Gasteiger partial charge in [-0.2, -0.15) is 9.97 Å². The first kappa shape index (κ1) is 18.1. The highest BCUT2D eigenvalue weighted by Crippen LogP contribution is 2.23. The zero-order valence-corrected chi connectivity index (χ0v) is 16.4. The Kier molecular flexibility index (Phi) is 5.28. The van der Waals surface area contributed by atoms with E-state index in [0.717, 1.165) is 16.2 Å². The number of hydrogen-bond donors (Lipinski definition) is 0. The first-order chi connectivity index (χ1) is 11.9. The van der Waals surface area contributed by atoms with Crippen molar-refractivity contribution in [1.29, 1.82) is 0 Å². The number of aryl methyl sites for hydroxylation is 2. The molecular weight excluding hydrogens is 407 g/mol. The maximum atomic E-state index is 5.76. The van der Waals surface area contributed by atoms with Crippen LogP contribution in [0.15, 0.2) is 17.7 Å². The Morgan fingerprint density at radius 2 is 1.32 bits per heavy atom. The van der Waals surface area contributed by atoms with Gasteiger partial charge in [0.1, 0.15) is 16.1 Å². The highest BCUT2D eigenvalue weighted by Gasteiger charge is 2.09. The number of hydrogen-bond acceptors (Lipinski definition) is 7. The van der Waals surface area contributed by atoms with Crippen LogP contribution in [0.2, 0.25) is 15.7 Å². The van der Waals surface area contributed by atoms with E-state index in [1.165, 1.54) is 11.8 Å². The minimum Gasteiger partial charge on any atom is -0.318 e. The van der Waals surface area contributed by atoms with Gasteiger partial charge in [-0.1, -0.05) is 11.6 Å². The molecule has 130 valence electrons. The van der Waals surface area contributed by atoms with E-state index in [-0.39, 0.29) is 15.7 Å². The van der Waals surface area contributed by atoms with Gasteiger partial charge < -0.3 is 9.13 Å². The van der Waals surface area contributed by atoms with Crippen LogP contribution in [0.25, 0.3) is 22.3 Å². The summed E-state index contributed by atoms with van der Waals surface area (Å²) in [6.45, 7) is 0. The number of thioether (sulfide) groups is 1. The monoisotopic (exact) mass is 416 g/mol. The second-order valence-corrected chi connectivity index (χ2v) is 6.67. The number of nitrogens with zero attached hydrogens (tertiary/aromatic N) is 8. The highest BCUT2D eigenvalue weighted by atomic mass is 35.5. The third-order valence-electron chi connectivity index (χ3n) is 3.18. The van der Waals surface area contributed by atoms with Crippen LogP contribution in [0.5, 0.6) is 0 Å². The molecule has 0 aliphatic carbocycles. The lowest BCUT2D eigenvalue weighted by Crippen LogP contribution is -1.92. The molecule has 0 saturated heterocycles. The minimum absolute atomic E-state index is 0.135. The molecule has 0 spiro atoms. The van der Waals surface area contributed by atoms with Gasteiger partial charge in [0.25, 0.3) is 0 Å². The maximum Gasteiger partial charge on any atom is 0.225 e. The van der Waals surface area contributed by atoms with Gasteiger partial charge in [-0.05, 0) is 29.5 Å². The van der Waals surface area contributed by atoms with E-state index >= 15 is 0 Å². The molecule has 4 aromatic rings. The molecule has 0 fully saturated rings. The number of aromatic nitrogens is 8. The molecule has 0 N–H and O–H groups in total. The minimum atomic E-state index is 0.135. The maximum absolute atomic E-state index is 5.76. The Labute approximate surface area is 161 Å². The van der Waals surface area contributed by atoms with Crippen molar-refractivity contribution in [3.63, 3.8) is 0 Å². The summed E-state index contributed by atoms with van der Waals surface area (Å²) in [6.07, 6.45) is 5.25. The van der Waals surface area contributed by atoms with Crippen molar-refractivity contribution in [2.75, 3.05) is 6.26 Å². The molecule has 0 aromatic carbocycles. The van der Waals surface area contributed by atoms with Crippen molar-refractivity contribution in [1.82, 2.24) is 39.0 Å². The van der Waals surface area contributed by atoms with Crippen molar-refractivity contribution < 1.29 is 0 Å². The number of fused-ring (bicyclic) bond motifs is 2. The van der Waals surface area contributed by atoms with Gasteiger partial charge in [0.05, 0.1) is 12.7 Å². The summed E-state index contributed by atoms with van der Waals surface area (Å²) in [6, 6.07) is 0. The van der Waals surface area contributed by atoms with Gasteiger partial charge in [-0.3, -0.25) is 0 Å². The normalized spacial score (nSPS) is 11.0. The van der Waals surface area contributed by atoms with E-state index in [1.807, 2.05) is 24.9 Å². The number of rotatable bonds is 1. The summed E-state index contributed by atoms with van der Waals surface area (Å²) >= 11 is 18.6. The van der Waals surface area contributed by atoms with Gasteiger partial charge >= 0.3 is 0 Å². The van der Waals surface area contributed by atoms with Crippen molar-refractivity contribution >= 4 is 68.9 Å². The highest BCUT2D eigenvalue weighted by molar-refractivity contribution is 7.98. The smallest absolute Gasteiger partial charge is 0.225 e. The van der Waals surface area contributed by atoms with Crippen LogP contribution in [0.1, 0.15) is 0 Å². The largest absolute Gasteiger partial charge is 0.318 e. The molecule has 0 radical (unpaired) electrons. The molecule has 0 aliphatic rings. The lowest BCUT2D eigenvalue weighted by Gasteiger charge is -1.98. The van der Waals surface area contributed by atoms with Crippen LogP contribution in [-0.2, 0) is 14.1 Å². The average Bonchev–Trinajstić information content (AvgIpc) is 3.12. The first-order valence-electron chi connectivity index (χ1n) is 6.79. The summed E-state index contributed by atoms with van der Waals surface area (Å²) in [5, 5.41) is 1.50. The molecule has 0 amide bonds. The van der Waals surface area contributed by atoms with Crippen molar-refractivity contribution in [2.45, 2.75) is 5.03 Å². The van der Waals surface area contributed by atoms with E-state index in [2.05, 4.69) is 29.9 Å². The average molecular weight is 418 g/mol. The topological polar surface area (TPSA) is 87.2 Å². The fraction of sp³-hybridized carbons (Fsp3) is 0.231. The first-order valence-corrected chi connectivity index (χ1v) is 9.15. The molecule has 0 atom stereocenters. The molecule has 4 rings (SSSR count). The molecule has 0 bridgehead atoms. The number of imidazole rings is 2. The zero-order valence-electron chi connectivity index (χ0n) is 13.3. The number of halogens is 3. The molecule has 0 unspecified atom stereocenters. The predicted molar refractivity (Wildman–Crippen MR) is 99.4 cm³/mol. The van der Waals surface area contributed by atoms with Crippen molar-refractivity contribution in [2.24, 2.45) is 14.1 Å². The molecule has 0 aliphatic heterocycles. The summed E-state index contributed by atoms with van der Waals surface area (Å²) in [5.74, 6) is 0. The lowest BCUT2D eigenvalue weighted by atomic mass is 10.5. The zero-order chi connectivity index (χ0) is 18.1. The predicted octanol–water partition coefficient (Wildman–Crippen LogP) is 3.41. The van der Waals surface area contributed by atoms with Crippen LogP contribution in [0, 0.1) is 0 Å². The van der Waals surface area contributed by atoms with Gasteiger partial charge in [-0.25, -0.2) is 19.9 Å². The Hall–Kier alpha value is -1.68. The van der Waals surface area contributed by atoms with E-state index in [9.17, 15) is 0 Å². The quantitative estimate of drug-likeness (QED) is 0.266. The van der Waals surface area contributed by atoms with Gasteiger partial charge in [-0.15, -0.1) is 11.8 Å². The molecule has 12 heteroatoms. The second-order valence-electron chi connectivity index (χ2n) is 4.84. The fourth-order valence-electron chi connectivity index (χ4n) is 2.05. The molecule has 0 saturated carbocycles. The van der Waals surface area contributed by atoms with Gasteiger partial charge in [0.15, 0.2) is 16.4 Å². The molecule has 8 nitrogen and oxygen atoms in total. The fourth-order valence-corrected chi connectivity index (χ4v) is 3.20. The molecular formula is C13H11Cl3N8S. The Morgan fingerprint density at radius 1 is 0.800 bits per heavy atom. The van der Waals surface area contributed by atoms with Gasteiger partial charge in [0.2, 0.25) is 10.6 Å². The second kappa shape index (κ2) is 7.28. The molecule has 4 aromatic heterocycles. The van der Waals surface area contributed by atoms with E-state index in [4.69, 9.17) is 34.8 Å². The van der Waals surface area contributed by atoms with E-state index in [0.29, 0.717) is 11.2 Å². The Balaban J connectivity index is 0.000000146. The SMILES string of the molecule is CSc1nc(Cl)nc2c1ncn2C.Cn1cnc2c(Cl)nc(Cl)nc21. The lowest BCUT2D eigenvalue weighted by molar-refractivity contribution is 0.925. The summed E-state index contributed by atoms with van der Waals surface area (Å²) < 4.78 is 3.55. The van der Waals surface area contributed by atoms with Crippen LogP contribution >= 0.6 is 46.6 Å². The van der Waals surface area contributed by atoms with E-state index < -0.39 is 0 Å². The summed E-state index contributed by atoms with van der Waals surface area (Å²) in [7, 11) is 3.69. The van der Waals surface area contributed by atoms with Crippen molar-refractivity contribution in [3.8, 4) is 0 Å². The third-order valence-corrected chi connectivity index (χ3v) is 4.46. The standard InChI is InChI=1S/C7H7ClN4S.C6H4Cl2N4/c1-12-3-9-4-5(12)10-7(8)11-6(4)13-2;1-12-2-9-3-4(7)10-6(8)11-5(3)12/h3H,1-2H3;2H,1H3. The Bertz CT molecular complexity index is 1060. The van der Waals surface area contributed by atoms with Crippen LogP contribution in [-0.4, -0.2) is 45.3 Å².